The highest BCUT2D eigenvalue weighted by Gasteiger charge is 2.28. The Morgan fingerprint density at radius 1 is 1.41 bits per heavy atom. The van der Waals surface area contributed by atoms with Crippen molar-refractivity contribution in [2.45, 2.75) is 19.4 Å². The quantitative estimate of drug-likeness (QED) is 0.747. The van der Waals surface area contributed by atoms with Crippen LogP contribution in [0.5, 0.6) is 5.75 Å². The number of aromatic nitrogens is 3. The SMILES string of the molecule is COc1ccc(Cl)cc1N1CCC(NC(=O)c2c(C)nn3cccnc23)C1. The molecule has 1 aromatic carbocycles. The number of hydrogen-bond acceptors (Lipinski definition) is 5. The molecule has 3 heterocycles. The van der Waals surface area contributed by atoms with Gasteiger partial charge in [0.15, 0.2) is 5.65 Å². The van der Waals surface area contributed by atoms with Crippen LogP contribution in [0.3, 0.4) is 0 Å². The number of ether oxygens (including phenoxy) is 1. The number of rotatable bonds is 4. The third-order valence-electron chi connectivity index (χ3n) is 4.80. The van der Waals surface area contributed by atoms with E-state index >= 15 is 0 Å². The molecule has 1 fully saturated rings. The molecule has 0 saturated carbocycles. The van der Waals surface area contributed by atoms with Crippen LogP contribution in [0, 0.1) is 6.92 Å². The molecule has 0 aliphatic carbocycles. The summed E-state index contributed by atoms with van der Waals surface area (Å²) in [6, 6.07) is 7.37. The first-order valence-corrected chi connectivity index (χ1v) is 9.14. The Morgan fingerprint density at radius 3 is 3.07 bits per heavy atom. The highest BCUT2D eigenvalue weighted by molar-refractivity contribution is 6.30. The molecule has 1 aliphatic heterocycles. The van der Waals surface area contributed by atoms with E-state index in [9.17, 15) is 4.79 Å². The van der Waals surface area contributed by atoms with E-state index in [0.717, 1.165) is 24.4 Å². The summed E-state index contributed by atoms with van der Waals surface area (Å²) in [6.45, 7) is 3.32. The van der Waals surface area contributed by atoms with Gasteiger partial charge in [0.1, 0.15) is 11.3 Å². The van der Waals surface area contributed by atoms with Crippen molar-refractivity contribution in [1.29, 1.82) is 0 Å². The minimum absolute atomic E-state index is 0.0271. The maximum atomic E-state index is 12.8. The van der Waals surface area contributed by atoms with Gasteiger partial charge < -0.3 is 15.0 Å². The predicted molar refractivity (Wildman–Crippen MR) is 104 cm³/mol. The normalized spacial score (nSPS) is 16.7. The third-order valence-corrected chi connectivity index (χ3v) is 5.04. The first kappa shape index (κ1) is 17.6. The van der Waals surface area contributed by atoms with Crippen LogP contribution in [-0.2, 0) is 0 Å². The van der Waals surface area contributed by atoms with Crippen LogP contribution in [0.2, 0.25) is 5.02 Å². The summed E-state index contributed by atoms with van der Waals surface area (Å²) < 4.78 is 7.07. The van der Waals surface area contributed by atoms with Crippen molar-refractivity contribution in [3.05, 3.63) is 52.9 Å². The van der Waals surface area contributed by atoms with Crippen molar-refractivity contribution >= 4 is 28.8 Å². The molecule has 2 aromatic heterocycles. The van der Waals surface area contributed by atoms with Gasteiger partial charge in [-0.05, 0) is 37.6 Å². The molecule has 1 saturated heterocycles. The van der Waals surface area contributed by atoms with Crippen LogP contribution in [0.25, 0.3) is 5.65 Å². The number of aryl methyl sites for hydroxylation is 1. The number of carbonyl (C=O) groups is 1. The van der Waals surface area contributed by atoms with Gasteiger partial charge in [-0.15, -0.1) is 0 Å². The van der Waals surface area contributed by atoms with E-state index in [0.29, 0.717) is 28.5 Å². The summed E-state index contributed by atoms with van der Waals surface area (Å²) in [4.78, 5) is 19.3. The Balaban J connectivity index is 1.51. The fourth-order valence-corrected chi connectivity index (χ4v) is 3.69. The molecule has 1 amide bonds. The molecule has 0 bridgehead atoms. The molecule has 1 N–H and O–H groups in total. The van der Waals surface area contributed by atoms with E-state index in [1.807, 2.05) is 19.1 Å². The zero-order chi connectivity index (χ0) is 19.0. The Hall–Kier alpha value is -2.80. The average Bonchev–Trinajstić information content (AvgIpc) is 3.24. The zero-order valence-corrected chi connectivity index (χ0v) is 15.9. The number of nitrogens with one attached hydrogen (secondary N) is 1. The number of methoxy groups -OCH3 is 1. The van der Waals surface area contributed by atoms with Gasteiger partial charge in [-0.3, -0.25) is 4.79 Å². The summed E-state index contributed by atoms with van der Waals surface area (Å²) in [5.74, 6) is 0.625. The fourth-order valence-electron chi connectivity index (χ4n) is 3.53. The van der Waals surface area contributed by atoms with Crippen molar-refractivity contribution in [2.24, 2.45) is 0 Å². The van der Waals surface area contributed by atoms with Crippen molar-refractivity contribution in [1.82, 2.24) is 19.9 Å². The second-order valence-corrected chi connectivity index (χ2v) is 7.01. The summed E-state index contributed by atoms with van der Waals surface area (Å²) in [7, 11) is 1.64. The molecule has 1 atom stereocenters. The average molecular weight is 386 g/mol. The third kappa shape index (κ3) is 3.30. The number of benzene rings is 1. The van der Waals surface area contributed by atoms with Crippen LogP contribution in [-0.4, -0.2) is 46.7 Å². The molecule has 4 rings (SSSR count). The topological polar surface area (TPSA) is 71.8 Å². The molecule has 0 radical (unpaired) electrons. The fraction of sp³-hybridized carbons (Fsp3) is 0.316. The van der Waals surface area contributed by atoms with Crippen LogP contribution in [0.1, 0.15) is 22.5 Å². The second kappa shape index (κ2) is 7.08. The van der Waals surface area contributed by atoms with Gasteiger partial charge in [-0.1, -0.05) is 11.6 Å². The minimum atomic E-state index is -0.147. The number of halogens is 1. The van der Waals surface area contributed by atoms with E-state index in [1.165, 1.54) is 0 Å². The van der Waals surface area contributed by atoms with E-state index < -0.39 is 0 Å². The summed E-state index contributed by atoms with van der Waals surface area (Å²) in [5.41, 5.74) is 2.70. The van der Waals surface area contributed by atoms with Crippen molar-refractivity contribution in [3.63, 3.8) is 0 Å². The van der Waals surface area contributed by atoms with Gasteiger partial charge in [0.25, 0.3) is 5.91 Å². The molecular weight excluding hydrogens is 366 g/mol. The molecule has 140 valence electrons. The smallest absolute Gasteiger partial charge is 0.257 e. The van der Waals surface area contributed by atoms with E-state index in [2.05, 4.69) is 20.3 Å². The summed E-state index contributed by atoms with van der Waals surface area (Å²) >= 11 is 6.15. The van der Waals surface area contributed by atoms with Crippen molar-refractivity contribution in [3.8, 4) is 5.75 Å². The molecule has 3 aromatic rings. The number of anilines is 1. The van der Waals surface area contributed by atoms with Crippen LogP contribution >= 0.6 is 11.6 Å². The first-order valence-electron chi connectivity index (χ1n) is 8.76. The van der Waals surface area contributed by atoms with E-state index in [-0.39, 0.29) is 11.9 Å². The van der Waals surface area contributed by atoms with Gasteiger partial charge in [0, 0.05) is 36.5 Å². The van der Waals surface area contributed by atoms with Crippen LogP contribution in [0.15, 0.2) is 36.7 Å². The lowest BCUT2D eigenvalue weighted by atomic mass is 10.2. The monoisotopic (exact) mass is 385 g/mol. The molecule has 0 spiro atoms. The van der Waals surface area contributed by atoms with E-state index in [4.69, 9.17) is 16.3 Å². The second-order valence-electron chi connectivity index (χ2n) is 6.57. The molecular formula is C19H20ClN5O2. The van der Waals surface area contributed by atoms with Gasteiger partial charge in [-0.2, -0.15) is 5.10 Å². The standard InChI is InChI=1S/C19H20ClN5O2/c1-12-17(18-21-7-3-8-25(18)23-12)19(26)22-14-6-9-24(11-14)15-10-13(20)4-5-16(15)27-2/h3-5,7-8,10,14H,6,9,11H2,1-2H3,(H,22,26). The van der Waals surface area contributed by atoms with Gasteiger partial charge in [-0.25, -0.2) is 9.50 Å². The number of amides is 1. The number of nitrogens with zero attached hydrogens (tertiary/aromatic N) is 4. The molecule has 1 aliphatic rings. The minimum Gasteiger partial charge on any atom is -0.495 e. The highest BCUT2D eigenvalue weighted by Crippen LogP contribution is 2.33. The van der Waals surface area contributed by atoms with Crippen LogP contribution < -0.4 is 15.0 Å². The Labute approximate surface area is 161 Å². The molecule has 27 heavy (non-hydrogen) atoms. The maximum Gasteiger partial charge on any atom is 0.257 e. The maximum absolute atomic E-state index is 12.8. The lowest BCUT2D eigenvalue weighted by molar-refractivity contribution is 0.0941. The number of carbonyl (C=O) groups excluding carboxylic acids is 1. The van der Waals surface area contributed by atoms with E-state index in [1.54, 1.807) is 36.2 Å². The Kier molecular flexibility index (Phi) is 4.61. The molecule has 1 unspecified atom stereocenters. The number of hydrogen-bond donors (Lipinski definition) is 1. The molecule has 7 nitrogen and oxygen atoms in total. The predicted octanol–water partition coefficient (Wildman–Crippen LogP) is 2.71. The van der Waals surface area contributed by atoms with Gasteiger partial charge >= 0.3 is 0 Å². The largest absolute Gasteiger partial charge is 0.495 e. The Bertz CT molecular complexity index is 1000. The lowest BCUT2D eigenvalue weighted by Gasteiger charge is -2.21. The van der Waals surface area contributed by atoms with Crippen molar-refractivity contribution in [2.75, 3.05) is 25.1 Å². The zero-order valence-electron chi connectivity index (χ0n) is 15.1. The lowest BCUT2D eigenvalue weighted by Crippen LogP contribution is -2.37. The summed E-state index contributed by atoms with van der Waals surface area (Å²) in [6.07, 6.45) is 4.29. The number of fused-ring (bicyclic) bond motifs is 1. The highest BCUT2D eigenvalue weighted by atomic mass is 35.5. The van der Waals surface area contributed by atoms with Gasteiger partial charge in [0.05, 0.1) is 18.5 Å². The Morgan fingerprint density at radius 2 is 2.26 bits per heavy atom. The molecule has 8 heteroatoms. The van der Waals surface area contributed by atoms with Crippen LogP contribution in [0.4, 0.5) is 5.69 Å². The summed E-state index contributed by atoms with van der Waals surface area (Å²) in [5, 5.41) is 8.13. The van der Waals surface area contributed by atoms with Crippen molar-refractivity contribution < 1.29 is 9.53 Å². The first-order chi connectivity index (χ1) is 13.1. The van der Waals surface area contributed by atoms with Gasteiger partial charge in [0.2, 0.25) is 0 Å².